The molecule has 158 valence electrons. The number of rotatable bonds is 6. The Kier molecular flexibility index (Phi) is 6.92. The molecule has 0 aliphatic carbocycles. The Morgan fingerprint density at radius 2 is 1.80 bits per heavy atom. The van der Waals surface area contributed by atoms with Crippen molar-refractivity contribution in [2.24, 2.45) is 5.92 Å². The minimum atomic E-state index is -0.577. The first-order valence-corrected chi connectivity index (χ1v) is 10.7. The molecule has 1 atom stereocenters. The van der Waals surface area contributed by atoms with E-state index in [4.69, 9.17) is 4.74 Å². The molecule has 1 N–H and O–H groups in total. The molecule has 0 unspecified atom stereocenters. The number of nitrogens with zero attached hydrogens (tertiary/aromatic N) is 1. The second-order valence-electron chi connectivity index (χ2n) is 7.50. The molecule has 0 radical (unpaired) electrons. The SMILES string of the molecule is CCc1ccc(N2C[C@@H](C(=O)OCC(=O)Nc3c(C)cc(Br)cc3C)CC2=O)cc1. The second kappa shape index (κ2) is 9.43. The molecule has 30 heavy (non-hydrogen) atoms. The minimum absolute atomic E-state index is 0.0842. The number of ether oxygens (including phenoxy) is 1. The van der Waals surface area contributed by atoms with Crippen molar-refractivity contribution in [3.8, 4) is 0 Å². The van der Waals surface area contributed by atoms with E-state index in [9.17, 15) is 14.4 Å². The van der Waals surface area contributed by atoms with Crippen molar-refractivity contribution >= 4 is 45.1 Å². The van der Waals surface area contributed by atoms with Crippen LogP contribution in [-0.4, -0.2) is 30.9 Å². The van der Waals surface area contributed by atoms with E-state index in [0.29, 0.717) is 5.69 Å². The first-order valence-electron chi connectivity index (χ1n) is 9.91. The van der Waals surface area contributed by atoms with Gasteiger partial charge in [-0.25, -0.2) is 0 Å². The van der Waals surface area contributed by atoms with Gasteiger partial charge in [0.15, 0.2) is 6.61 Å². The minimum Gasteiger partial charge on any atom is -0.455 e. The highest BCUT2D eigenvalue weighted by molar-refractivity contribution is 9.10. The summed E-state index contributed by atoms with van der Waals surface area (Å²) in [6, 6.07) is 11.5. The average Bonchev–Trinajstić information content (AvgIpc) is 3.10. The zero-order valence-electron chi connectivity index (χ0n) is 17.3. The van der Waals surface area contributed by atoms with Crippen molar-refractivity contribution in [2.45, 2.75) is 33.6 Å². The molecule has 1 aliphatic rings. The molecule has 7 heteroatoms. The van der Waals surface area contributed by atoms with Gasteiger partial charge in [-0.1, -0.05) is 35.0 Å². The molecule has 1 heterocycles. The van der Waals surface area contributed by atoms with Crippen LogP contribution in [0.1, 0.15) is 30.0 Å². The van der Waals surface area contributed by atoms with Crippen LogP contribution in [0, 0.1) is 19.8 Å². The Morgan fingerprint density at radius 3 is 2.40 bits per heavy atom. The van der Waals surface area contributed by atoms with Crippen molar-refractivity contribution in [1.82, 2.24) is 0 Å². The fourth-order valence-electron chi connectivity index (χ4n) is 3.56. The fraction of sp³-hybridized carbons (Fsp3) is 0.348. The summed E-state index contributed by atoms with van der Waals surface area (Å²) in [6.07, 6.45) is 1.01. The van der Waals surface area contributed by atoms with E-state index in [2.05, 4.69) is 28.2 Å². The summed E-state index contributed by atoms with van der Waals surface area (Å²) < 4.78 is 6.13. The number of nitrogens with one attached hydrogen (secondary N) is 1. The molecule has 0 saturated carbocycles. The molecule has 6 nitrogen and oxygen atoms in total. The van der Waals surface area contributed by atoms with Gasteiger partial charge < -0.3 is 15.0 Å². The van der Waals surface area contributed by atoms with Gasteiger partial charge in [0.25, 0.3) is 5.91 Å². The first-order chi connectivity index (χ1) is 14.3. The van der Waals surface area contributed by atoms with E-state index >= 15 is 0 Å². The smallest absolute Gasteiger partial charge is 0.311 e. The van der Waals surface area contributed by atoms with Gasteiger partial charge in [-0.3, -0.25) is 14.4 Å². The lowest BCUT2D eigenvalue weighted by Crippen LogP contribution is -2.28. The van der Waals surface area contributed by atoms with Gasteiger partial charge in [-0.15, -0.1) is 0 Å². The molecular weight excluding hydrogens is 448 g/mol. The summed E-state index contributed by atoms with van der Waals surface area (Å²) in [5, 5.41) is 2.79. The molecule has 2 aromatic carbocycles. The zero-order chi connectivity index (χ0) is 21.8. The van der Waals surface area contributed by atoms with Crippen LogP contribution in [0.25, 0.3) is 0 Å². The highest BCUT2D eigenvalue weighted by atomic mass is 79.9. The lowest BCUT2D eigenvalue weighted by molar-refractivity contribution is -0.151. The van der Waals surface area contributed by atoms with Gasteiger partial charge >= 0.3 is 5.97 Å². The summed E-state index contributed by atoms with van der Waals surface area (Å²) in [4.78, 5) is 38.6. The maximum Gasteiger partial charge on any atom is 0.311 e. The van der Waals surface area contributed by atoms with Gasteiger partial charge in [-0.05, 0) is 61.2 Å². The number of benzene rings is 2. The predicted octanol–water partition coefficient (Wildman–Crippen LogP) is 4.16. The highest BCUT2D eigenvalue weighted by Gasteiger charge is 2.36. The van der Waals surface area contributed by atoms with E-state index < -0.39 is 17.8 Å². The average molecular weight is 473 g/mol. The van der Waals surface area contributed by atoms with Gasteiger partial charge in [0.05, 0.1) is 5.92 Å². The van der Waals surface area contributed by atoms with Crippen LogP contribution in [0.2, 0.25) is 0 Å². The van der Waals surface area contributed by atoms with E-state index in [0.717, 1.165) is 27.7 Å². The number of hydrogen-bond acceptors (Lipinski definition) is 4. The summed E-state index contributed by atoms with van der Waals surface area (Å²) in [7, 11) is 0. The Hall–Kier alpha value is -2.67. The normalized spacial score (nSPS) is 15.9. The third-order valence-corrected chi connectivity index (χ3v) is 5.68. The first kappa shape index (κ1) is 22.0. The second-order valence-corrected chi connectivity index (χ2v) is 8.41. The largest absolute Gasteiger partial charge is 0.455 e. The van der Waals surface area contributed by atoms with Crippen molar-refractivity contribution < 1.29 is 19.1 Å². The van der Waals surface area contributed by atoms with Gasteiger partial charge in [0.2, 0.25) is 5.91 Å². The summed E-state index contributed by atoms with van der Waals surface area (Å²) in [6.45, 7) is 5.73. The molecule has 1 saturated heterocycles. The molecule has 2 amide bonds. The van der Waals surface area contributed by atoms with Crippen LogP contribution in [0.5, 0.6) is 0 Å². The van der Waals surface area contributed by atoms with Crippen LogP contribution in [-0.2, 0) is 25.5 Å². The molecule has 1 aliphatic heterocycles. The maximum absolute atomic E-state index is 12.4. The van der Waals surface area contributed by atoms with E-state index in [1.54, 1.807) is 4.90 Å². The van der Waals surface area contributed by atoms with Gasteiger partial charge in [0, 0.05) is 28.8 Å². The fourth-order valence-corrected chi connectivity index (χ4v) is 4.25. The lowest BCUT2D eigenvalue weighted by Gasteiger charge is -2.17. The summed E-state index contributed by atoms with van der Waals surface area (Å²) in [5.41, 5.74) is 4.48. The molecule has 1 fully saturated rings. The van der Waals surface area contributed by atoms with E-state index in [1.165, 1.54) is 5.56 Å². The molecular formula is C23H25BrN2O4. The van der Waals surface area contributed by atoms with Crippen molar-refractivity contribution in [1.29, 1.82) is 0 Å². The third-order valence-electron chi connectivity index (χ3n) is 5.22. The summed E-state index contributed by atoms with van der Waals surface area (Å²) in [5.74, 6) is -1.64. The number of carbonyl (C=O) groups excluding carboxylic acids is 3. The van der Waals surface area contributed by atoms with Crippen LogP contribution >= 0.6 is 15.9 Å². The summed E-state index contributed by atoms with van der Waals surface area (Å²) >= 11 is 3.42. The van der Waals surface area contributed by atoms with Crippen molar-refractivity contribution in [2.75, 3.05) is 23.4 Å². The monoisotopic (exact) mass is 472 g/mol. The van der Waals surface area contributed by atoms with Crippen LogP contribution in [0.4, 0.5) is 11.4 Å². The Balaban J connectivity index is 1.55. The number of carbonyl (C=O) groups is 3. The standard InChI is InChI=1S/C23H25BrN2O4/c1-4-16-5-7-19(8-6-16)26-12-17(11-21(26)28)23(29)30-13-20(27)25-22-14(2)9-18(24)10-15(22)3/h5-10,17H,4,11-13H2,1-3H3,(H,25,27)/t17-/m0/s1. The Bertz CT molecular complexity index is 949. The quantitative estimate of drug-likeness (QED) is 0.640. The Morgan fingerprint density at radius 1 is 1.17 bits per heavy atom. The molecule has 0 spiro atoms. The Labute approximate surface area is 184 Å². The van der Waals surface area contributed by atoms with Gasteiger partial charge in [-0.2, -0.15) is 0 Å². The van der Waals surface area contributed by atoms with E-state index in [1.807, 2.05) is 50.2 Å². The van der Waals surface area contributed by atoms with Crippen molar-refractivity contribution in [3.05, 3.63) is 57.6 Å². The van der Waals surface area contributed by atoms with Crippen LogP contribution < -0.4 is 10.2 Å². The number of halogens is 1. The predicted molar refractivity (Wildman–Crippen MR) is 119 cm³/mol. The van der Waals surface area contributed by atoms with E-state index in [-0.39, 0.29) is 25.5 Å². The molecule has 2 aromatic rings. The van der Waals surface area contributed by atoms with Crippen LogP contribution in [0.3, 0.4) is 0 Å². The topological polar surface area (TPSA) is 75.7 Å². The number of esters is 1. The third kappa shape index (κ3) is 5.08. The zero-order valence-corrected chi connectivity index (χ0v) is 18.9. The van der Waals surface area contributed by atoms with Crippen LogP contribution in [0.15, 0.2) is 40.9 Å². The molecule has 0 bridgehead atoms. The molecule has 0 aromatic heterocycles. The number of hydrogen-bond donors (Lipinski definition) is 1. The maximum atomic E-state index is 12.4. The number of amides is 2. The molecule has 3 rings (SSSR count). The van der Waals surface area contributed by atoms with Gasteiger partial charge in [0.1, 0.15) is 0 Å². The number of aryl methyl sites for hydroxylation is 3. The lowest BCUT2D eigenvalue weighted by atomic mass is 10.1. The number of anilines is 2. The van der Waals surface area contributed by atoms with Crippen molar-refractivity contribution in [3.63, 3.8) is 0 Å². The highest BCUT2D eigenvalue weighted by Crippen LogP contribution is 2.27.